The van der Waals surface area contributed by atoms with Crippen LogP contribution in [0.4, 0.5) is 10.8 Å². The Bertz CT molecular complexity index is 642. The van der Waals surface area contributed by atoms with Gasteiger partial charge in [0.25, 0.3) is 0 Å². The van der Waals surface area contributed by atoms with E-state index in [-0.39, 0.29) is 5.91 Å². The molecule has 2 rings (SSSR count). The number of thiazole rings is 1. The van der Waals surface area contributed by atoms with Gasteiger partial charge in [0, 0.05) is 17.3 Å². The van der Waals surface area contributed by atoms with Crippen molar-refractivity contribution in [2.24, 2.45) is 5.16 Å². The summed E-state index contributed by atoms with van der Waals surface area (Å²) in [5.74, 6) is -0.142. The van der Waals surface area contributed by atoms with E-state index in [1.807, 2.05) is 0 Å². The molecule has 20 heavy (non-hydrogen) atoms. The van der Waals surface area contributed by atoms with Crippen molar-refractivity contribution >= 4 is 45.9 Å². The molecule has 5 nitrogen and oxygen atoms in total. The van der Waals surface area contributed by atoms with Crippen LogP contribution in [-0.4, -0.2) is 24.2 Å². The molecule has 0 atom stereocenters. The van der Waals surface area contributed by atoms with Crippen molar-refractivity contribution in [3.8, 4) is 0 Å². The van der Waals surface area contributed by atoms with E-state index < -0.39 is 0 Å². The molecule has 1 aromatic heterocycles. The SMILES string of the molecule is CON=Cc1csc(N(C(C)=O)c2cccc(Cl)c2)n1. The molecule has 2 aromatic rings. The highest BCUT2D eigenvalue weighted by atomic mass is 35.5. The summed E-state index contributed by atoms with van der Waals surface area (Å²) in [5.41, 5.74) is 1.30. The molecule has 0 fully saturated rings. The minimum Gasteiger partial charge on any atom is -0.399 e. The Hall–Kier alpha value is -1.92. The van der Waals surface area contributed by atoms with E-state index in [1.54, 1.807) is 29.6 Å². The summed E-state index contributed by atoms with van der Waals surface area (Å²) < 4.78 is 0. The second kappa shape index (κ2) is 6.49. The van der Waals surface area contributed by atoms with Crippen molar-refractivity contribution in [2.45, 2.75) is 6.92 Å². The molecular formula is C13H12ClN3O2S. The number of hydrogen-bond donors (Lipinski definition) is 0. The Labute approximate surface area is 125 Å². The third-order valence-corrected chi connectivity index (χ3v) is 3.45. The van der Waals surface area contributed by atoms with Crippen molar-refractivity contribution in [1.82, 2.24) is 4.98 Å². The number of anilines is 2. The minimum absolute atomic E-state index is 0.142. The Morgan fingerprint density at radius 1 is 1.55 bits per heavy atom. The highest BCUT2D eigenvalue weighted by Gasteiger charge is 2.17. The van der Waals surface area contributed by atoms with E-state index >= 15 is 0 Å². The standard InChI is InChI=1S/C13H12ClN3O2S/c1-9(18)17(12-5-3-4-10(14)6-12)13-16-11(8-20-13)7-15-19-2/h3-8H,1-2H3. The molecule has 0 bridgehead atoms. The maximum atomic E-state index is 11.9. The minimum atomic E-state index is -0.142. The molecule has 1 heterocycles. The first-order valence-corrected chi connectivity index (χ1v) is 6.96. The molecule has 0 saturated heterocycles. The first kappa shape index (κ1) is 14.5. The first-order chi connectivity index (χ1) is 9.61. The summed E-state index contributed by atoms with van der Waals surface area (Å²) in [6.45, 7) is 1.48. The number of rotatable bonds is 4. The van der Waals surface area contributed by atoms with E-state index in [1.165, 1.54) is 36.5 Å². The molecule has 104 valence electrons. The topological polar surface area (TPSA) is 54.8 Å². The van der Waals surface area contributed by atoms with Gasteiger partial charge in [-0.05, 0) is 18.2 Å². The van der Waals surface area contributed by atoms with E-state index in [4.69, 9.17) is 11.6 Å². The van der Waals surface area contributed by atoms with E-state index in [2.05, 4.69) is 15.0 Å². The normalized spacial score (nSPS) is 10.8. The Balaban J connectivity index is 2.36. The molecule has 7 heteroatoms. The lowest BCUT2D eigenvalue weighted by molar-refractivity contribution is -0.115. The molecule has 1 amide bonds. The van der Waals surface area contributed by atoms with Crippen LogP contribution in [0.3, 0.4) is 0 Å². The lowest BCUT2D eigenvalue weighted by Crippen LogP contribution is -2.22. The zero-order valence-corrected chi connectivity index (χ0v) is 12.5. The highest BCUT2D eigenvalue weighted by Crippen LogP contribution is 2.30. The van der Waals surface area contributed by atoms with Crippen molar-refractivity contribution in [3.05, 3.63) is 40.4 Å². The average molecular weight is 310 g/mol. The predicted molar refractivity (Wildman–Crippen MR) is 81.0 cm³/mol. The third kappa shape index (κ3) is 3.34. The number of carbonyl (C=O) groups excluding carboxylic acids is 1. The first-order valence-electron chi connectivity index (χ1n) is 5.70. The summed E-state index contributed by atoms with van der Waals surface area (Å²) in [7, 11) is 1.46. The number of aromatic nitrogens is 1. The van der Waals surface area contributed by atoms with Crippen molar-refractivity contribution < 1.29 is 9.63 Å². The summed E-state index contributed by atoms with van der Waals surface area (Å²) in [4.78, 5) is 22.3. The maximum absolute atomic E-state index is 11.9. The van der Waals surface area contributed by atoms with E-state index in [0.717, 1.165) is 0 Å². The molecule has 0 aliphatic rings. The van der Waals surface area contributed by atoms with Crippen LogP contribution in [0.15, 0.2) is 34.8 Å². The van der Waals surface area contributed by atoms with Gasteiger partial charge in [0.2, 0.25) is 5.91 Å². The lowest BCUT2D eigenvalue weighted by Gasteiger charge is -2.17. The Morgan fingerprint density at radius 3 is 3.00 bits per heavy atom. The van der Waals surface area contributed by atoms with Crippen LogP contribution in [0.2, 0.25) is 5.02 Å². The summed E-state index contributed by atoms with van der Waals surface area (Å²) in [5, 5.41) is 6.55. The van der Waals surface area contributed by atoms with Crippen LogP contribution in [0, 0.1) is 0 Å². The van der Waals surface area contributed by atoms with E-state index in [9.17, 15) is 4.79 Å². The van der Waals surface area contributed by atoms with Crippen molar-refractivity contribution in [1.29, 1.82) is 0 Å². The molecule has 0 N–H and O–H groups in total. The summed E-state index contributed by atoms with van der Waals surface area (Å²) >= 11 is 7.30. The predicted octanol–water partition coefficient (Wildman–Crippen LogP) is 3.46. The molecule has 0 spiro atoms. The van der Waals surface area contributed by atoms with Crippen LogP contribution in [0.1, 0.15) is 12.6 Å². The fourth-order valence-corrected chi connectivity index (χ4v) is 2.61. The van der Waals surface area contributed by atoms with Crippen LogP contribution in [0.5, 0.6) is 0 Å². The van der Waals surface area contributed by atoms with Gasteiger partial charge in [0.05, 0.1) is 17.6 Å². The average Bonchev–Trinajstić information content (AvgIpc) is 2.84. The van der Waals surface area contributed by atoms with Crippen LogP contribution < -0.4 is 4.90 Å². The lowest BCUT2D eigenvalue weighted by atomic mass is 10.3. The van der Waals surface area contributed by atoms with Crippen LogP contribution in [-0.2, 0) is 9.63 Å². The maximum Gasteiger partial charge on any atom is 0.230 e. The molecule has 0 radical (unpaired) electrons. The summed E-state index contributed by atoms with van der Waals surface area (Å²) in [6.07, 6.45) is 1.48. The number of nitrogens with zero attached hydrogens (tertiary/aromatic N) is 3. The van der Waals surface area contributed by atoms with Gasteiger partial charge in [-0.1, -0.05) is 22.8 Å². The number of hydrogen-bond acceptors (Lipinski definition) is 5. The largest absolute Gasteiger partial charge is 0.399 e. The molecule has 0 saturated carbocycles. The fourth-order valence-electron chi connectivity index (χ4n) is 1.59. The second-order valence-corrected chi connectivity index (χ2v) is 5.08. The molecule has 0 aliphatic heterocycles. The number of benzene rings is 1. The number of oxime groups is 1. The summed E-state index contributed by atoms with van der Waals surface area (Å²) in [6, 6.07) is 7.06. The highest BCUT2D eigenvalue weighted by molar-refractivity contribution is 7.14. The van der Waals surface area contributed by atoms with Crippen LogP contribution >= 0.6 is 22.9 Å². The van der Waals surface area contributed by atoms with Gasteiger partial charge in [-0.25, -0.2) is 4.98 Å². The number of carbonyl (C=O) groups is 1. The van der Waals surface area contributed by atoms with Gasteiger partial charge in [-0.15, -0.1) is 11.3 Å². The van der Waals surface area contributed by atoms with Gasteiger partial charge in [0.15, 0.2) is 5.13 Å². The zero-order valence-electron chi connectivity index (χ0n) is 10.9. The van der Waals surface area contributed by atoms with Gasteiger partial charge in [-0.3, -0.25) is 9.69 Å². The monoisotopic (exact) mass is 309 g/mol. The van der Waals surface area contributed by atoms with Gasteiger partial charge in [-0.2, -0.15) is 0 Å². The quantitative estimate of drug-likeness (QED) is 0.642. The number of amides is 1. The van der Waals surface area contributed by atoms with Crippen molar-refractivity contribution in [3.63, 3.8) is 0 Å². The molecular weight excluding hydrogens is 298 g/mol. The Kier molecular flexibility index (Phi) is 4.70. The van der Waals surface area contributed by atoms with Crippen LogP contribution in [0.25, 0.3) is 0 Å². The van der Waals surface area contributed by atoms with Crippen molar-refractivity contribution in [2.75, 3.05) is 12.0 Å². The smallest absolute Gasteiger partial charge is 0.230 e. The second-order valence-electron chi connectivity index (χ2n) is 3.81. The number of halogens is 1. The van der Waals surface area contributed by atoms with Gasteiger partial charge < -0.3 is 4.84 Å². The van der Waals surface area contributed by atoms with Gasteiger partial charge in [0.1, 0.15) is 7.11 Å². The Morgan fingerprint density at radius 2 is 2.35 bits per heavy atom. The van der Waals surface area contributed by atoms with E-state index in [0.29, 0.717) is 21.5 Å². The van der Waals surface area contributed by atoms with Gasteiger partial charge >= 0.3 is 0 Å². The zero-order chi connectivity index (χ0) is 14.5. The molecule has 0 aliphatic carbocycles. The molecule has 0 unspecified atom stereocenters. The molecule has 1 aromatic carbocycles. The fraction of sp³-hybridized carbons (Fsp3) is 0.154. The third-order valence-electron chi connectivity index (χ3n) is 2.37.